The van der Waals surface area contributed by atoms with E-state index in [9.17, 15) is 9.59 Å². The van der Waals surface area contributed by atoms with E-state index in [0.29, 0.717) is 0 Å². The Hall–Kier alpha value is -1.88. The Morgan fingerprint density at radius 2 is 1.96 bits per heavy atom. The van der Waals surface area contributed by atoms with Gasteiger partial charge in [-0.05, 0) is 51.2 Å². The summed E-state index contributed by atoms with van der Waals surface area (Å²) >= 11 is 0. The van der Waals surface area contributed by atoms with Crippen LogP contribution in [0.25, 0.3) is 0 Å². The number of carbonyl (C=O) groups excluding carboxylic acids is 2. The van der Waals surface area contributed by atoms with Crippen molar-refractivity contribution in [1.82, 2.24) is 4.90 Å². The third kappa shape index (κ3) is 3.18. The number of aryl methyl sites for hydroxylation is 2. The summed E-state index contributed by atoms with van der Waals surface area (Å²) in [5.74, 6) is -0.296. The van der Waals surface area contributed by atoms with Gasteiger partial charge in [-0.15, -0.1) is 0 Å². The maximum atomic E-state index is 12.8. The van der Waals surface area contributed by atoms with E-state index < -0.39 is 5.91 Å². The third-order valence-corrected chi connectivity index (χ3v) is 5.67. The number of primary amides is 1. The Balaban J connectivity index is 1.60. The minimum Gasteiger partial charge on any atom is -0.368 e. The molecule has 1 unspecified atom stereocenters. The van der Waals surface area contributed by atoms with Gasteiger partial charge in [-0.2, -0.15) is 0 Å². The number of ether oxygens (including phenoxy) is 1. The van der Waals surface area contributed by atoms with E-state index in [1.165, 1.54) is 5.56 Å². The quantitative estimate of drug-likeness (QED) is 0.920. The van der Waals surface area contributed by atoms with Crippen molar-refractivity contribution in [2.45, 2.75) is 45.6 Å². The van der Waals surface area contributed by atoms with Gasteiger partial charge in [-0.3, -0.25) is 9.59 Å². The van der Waals surface area contributed by atoms with Crippen molar-refractivity contribution in [3.05, 3.63) is 34.9 Å². The molecule has 1 atom stereocenters. The van der Waals surface area contributed by atoms with Crippen molar-refractivity contribution in [3.63, 3.8) is 0 Å². The van der Waals surface area contributed by atoms with Crippen LogP contribution in [-0.4, -0.2) is 42.5 Å². The lowest BCUT2D eigenvalue weighted by Crippen LogP contribution is -2.54. The second-order valence-corrected chi connectivity index (χ2v) is 7.28. The molecule has 5 heteroatoms. The summed E-state index contributed by atoms with van der Waals surface area (Å²) in [6.07, 6.45) is 4.09. The molecule has 1 aliphatic heterocycles. The lowest BCUT2D eigenvalue weighted by molar-refractivity contribution is -0.148. The summed E-state index contributed by atoms with van der Waals surface area (Å²) in [7, 11) is 0. The van der Waals surface area contributed by atoms with Crippen molar-refractivity contribution in [3.8, 4) is 0 Å². The van der Waals surface area contributed by atoms with Gasteiger partial charge in [0.05, 0.1) is 6.10 Å². The monoisotopic (exact) mass is 330 g/mol. The van der Waals surface area contributed by atoms with Gasteiger partial charge >= 0.3 is 0 Å². The zero-order chi connectivity index (χ0) is 17.3. The van der Waals surface area contributed by atoms with Gasteiger partial charge in [0.15, 0.2) is 0 Å². The number of likely N-dealkylation sites (tertiary alicyclic amines) is 1. The Bertz CT molecular complexity index is 648. The van der Waals surface area contributed by atoms with Crippen LogP contribution < -0.4 is 5.73 Å². The SMILES string of the molecule is Cc1ccc(C(=O)N2CCC3(CCC3OCC(N)=O)CC2)c(C)c1. The van der Waals surface area contributed by atoms with Gasteiger partial charge in [0.1, 0.15) is 6.61 Å². The van der Waals surface area contributed by atoms with Crippen LogP contribution in [0, 0.1) is 19.3 Å². The molecule has 0 radical (unpaired) electrons. The summed E-state index contributed by atoms with van der Waals surface area (Å²) in [6, 6.07) is 5.98. The first-order valence-electron chi connectivity index (χ1n) is 8.68. The molecule has 3 rings (SSSR count). The number of rotatable bonds is 4. The number of piperidine rings is 1. The van der Waals surface area contributed by atoms with E-state index >= 15 is 0 Å². The summed E-state index contributed by atoms with van der Waals surface area (Å²) in [6.45, 7) is 5.53. The van der Waals surface area contributed by atoms with Crippen molar-refractivity contribution in [2.75, 3.05) is 19.7 Å². The van der Waals surface area contributed by atoms with Crippen molar-refractivity contribution < 1.29 is 14.3 Å². The van der Waals surface area contributed by atoms with E-state index in [1.54, 1.807) is 0 Å². The number of hydrogen-bond acceptors (Lipinski definition) is 3. The largest absolute Gasteiger partial charge is 0.368 e. The number of amides is 2. The topological polar surface area (TPSA) is 72.6 Å². The molecule has 24 heavy (non-hydrogen) atoms. The maximum absolute atomic E-state index is 12.8. The van der Waals surface area contributed by atoms with Crippen LogP contribution in [0.15, 0.2) is 18.2 Å². The van der Waals surface area contributed by atoms with E-state index in [2.05, 4.69) is 6.07 Å². The van der Waals surface area contributed by atoms with Crippen molar-refractivity contribution in [2.24, 2.45) is 11.1 Å². The van der Waals surface area contributed by atoms with Crippen molar-refractivity contribution in [1.29, 1.82) is 0 Å². The molecular formula is C19H26N2O3. The van der Waals surface area contributed by atoms with Crippen LogP contribution in [0.3, 0.4) is 0 Å². The summed E-state index contributed by atoms with van der Waals surface area (Å²) in [5.41, 5.74) is 8.31. The van der Waals surface area contributed by atoms with Gasteiger partial charge in [0.25, 0.3) is 5.91 Å². The fourth-order valence-electron chi connectivity index (χ4n) is 4.06. The lowest BCUT2D eigenvalue weighted by atomic mass is 9.60. The fourth-order valence-corrected chi connectivity index (χ4v) is 4.06. The maximum Gasteiger partial charge on any atom is 0.254 e. The first-order valence-corrected chi connectivity index (χ1v) is 8.68. The molecule has 1 saturated heterocycles. The highest BCUT2D eigenvalue weighted by atomic mass is 16.5. The molecule has 1 aromatic rings. The predicted molar refractivity (Wildman–Crippen MR) is 91.7 cm³/mol. The zero-order valence-electron chi connectivity index (χ0n) is 14.5. The highest BCUT2D eigenvalue weighted by Gasteiger charge is 2.49. The average molecular weight is 330 g/mol. The number of nitrogens with two attached hydrogens (primary N) is 1. The molecule has 2 amide bonds. The minimum atomic E-state index is -0.417. The molecule has 1 aliphatic carbocycles. The molecule has 1 aromatic carbocycles. The molecule has 130 valence electrons. The average Bonchev–Trinajstić information content (AvgIpc) is 2.53. The highest BCUT2D eigenvalue weighted by Crippen LogP contribution is 2.50. The molecule has 0 aromatic heterocycles. The molecule has 1 saturated carbocycles. The van der Waals surface area contributed by atoms with Gasteiger partial charge in [-0.1, -0.05) is 17.7 Å². The molecule has 5 nitrogen and oxygen atoms in total. The fraction of sp³-hybridized carbons (Fsp3) is 0.579. The van der Waals surface area contributed by atoms with Crippen LogP contribution in [0.1, 0.15) is 47.2 Å². The number of hydrogen-bond donors (Lipinski definition) is 1. The number of nitrogens with zero attached hydrogens (tertiary/aromatic N) is 1. The van der Waals surface area contributed by atoms with E-state index in [4.69, 9.17) is 10.5 Å². The van der Waals surface area contributed by atoms with Gasteiger partial charge < -0.3 is 15.4 Å². The zero-order valence-corrected chi connectivity index (χ0v) is 14.5. The molecule has 2 N–H and O–H groups in total. The van der Waals surface area contributed by atoms with Crippen molar-refractivity contribution >= 4 is 11.8 Å². The van der Waals surface area contributed by atoms with Crippen LogP contribution in [-0.2, 0) is 9.53 Å². The summed E-state index contributed by atoms with van der Waals surface area (Å²) < 4.78 is 5.67. The Labute approximate surface area is 143 Å². The first kappa shape index (κ1) is 17.0. The predicted octanol–water partition coefficient (Wildman–Crippen LogP) is 2.19. The first-order chi connectivity index (χ1) is 11.4. The van der Waals surface area contributed by atoms with Gasteiger partial charge in [0.2, 0.25) is 5.91 Å². The Kier molecular flexibility index (Phi) is 4.63. The highest BCUT2D eigenvalue weighted by molar-refractivity contribution is 5.95. The van der Waals surface area contributed by atoms with Crippen LogP contribution in [0.5, 0.6) is 0 Å². The molecule has 1 spiro atoms. The second kappa shape index (κ2) is 6.55. The minimum absolute atomic E-state index is 0.00236. The second-order valence-electron chi connectivity index (χ2n) is 7.28. The normalized spacial score (nSPS) is 22.2. The van der Waals surface area contributed by atoms with E-state index in [1.807, 2.05) is 30.9 Å². The standard InChI is InChI=1S/C19H26N2O3/c1-13-3-4-15(14(2)11-13)18(23)21-9-7-19(8-10-21)6-5-16(19)24-12-17(20)22/h3-4,11,16H,5-10,12H2,1-2H3,(H2,20,22). The molecule has 1 heterocycles. The van der Waals surface area contributed by atoms with E-state index in [-0.39, 0.29) is 24.0 Å². The van der Waals surface area contributed by atoms with Gasteiger partial charge in [0, 0.05) is 24.1 Å². The third-order valence-electron chi connectivity index (χ3n) is 5.67. The number of benzene rings is 1. The Morgan fingerprint density at radius 1 is 1.25 bits per heavy atom. The molecular weight excluding hydrogens is 304 g/mol. The summed E-state index contributed by atoms with van der Waals surface area (Å²) in [5, 5.41) is 0. The van der Waals surface area contributed by atoms with Crippen LogP contribution in [0.4, 0.5) is 0 Å². The smallest absolute Gasteiger partial charge is 0.254 e. The molecule has 2 aliphatic rings. The lowest BCUT2D eigenvalue weighted by Gasteiger charge is -2.53. The summed E-state index contributed by atoms with van der Waals surface area (Å²) in [4.78, 5) is 25.6. The molecule has 0 bridgehead atoms. The van der Waals surface area contributed by atoms with Crippen LogP contribution in [0.2, 0.25) is 0 Å². The Morgan fingerprint density at radius 3 is 2.50 bits per heavy atom. The molecule has 2 fully saturated rings. The van der Waals surface area contributed by atoms with Crippen LogP contribution >= 0.6 is 0 Å². The number of carbonyl (C=O) groups is 2. The van der Waals surface area contributed by atoms with Gasteiger partial charge in [-0.25, -0.2) is 0 Å². The van der Waals surface area contributed by atoms with E-state index in [0.717, 1.165) is 49.9 Å².